The van der Waals surface area contributed by atoms with Gasteiger partial charge in [0.1, 0.15) is 17.5 Å². The van der Waals surface area contributed by atoms with Gasteiger partial charge in [0.05, 0.1) is 5.56 Å². The van der Waals surface area contributed by atoms with Crippen LogP contribution in [0, 0.1) is 11.3 Å². The number of amides is 1. The van der Waals surface area contributed by atoms with Crippen LogP contribution in [0.25, 0.3) is 0 Å². The van der Waals surface area contributed by atoms with E-state index in [9.17, 15) is 4.79 Å². The maximum Gasteiger partial charge on any atom is 0.274 e. The van der Waals surface area contributed by atoms with Gasteiger partial charge in [0.2, 0.25) is 5.88 Å². The number of carbonyl (C=O) groups is 1. The Morgan fingerprint density at radius 3 is 2.67 bits per heavy atom. The third-order valence-corrected chi connectivity index (χ3v) is 3.43. The molecule has 1 amide bonds. The first-order valence-electron chi connectivity index (χ1n) is 7.23. The molecular weight excluding hydrogens is 304 g/mol. The average Bonchev–Trinajstić information content (AvgIpc) is 3.11. The SMILES string of the molecule is CN(C(=O)c1cc(C#N)c[nH]1)c1ccc(Oc2ccccn2)cc1. The molecule has 0 radical (unpaired) electrons. The van der Waals surface area contributed by atoms with Crippen molar-refractivity contribution in [3.63, 3.8) is 0 Å². The Kier molecular flexibility index (Phi) is 4.25. The van der Waals surface area contributed by atoms with E-state index in [-0.39, 0.29) is 5.91 Å². The van der Waals surface area contributed by atoms with Gasteiger partial charge < -0.3 is 14.6 Å². The Bertz CT molecular complexity index is 879. The summed E-state index contributed by atoms with van der Waals surface area (Å²) in [6.07, 6.45) is 3.16. The van der Waals surface area contributed by atoms with E-state index in [0.29, 0.717) is 28.6 Å². The highest BCUT2D eigenvalue weighted by molar-refractivity contribution is 6.04. The number of rotatable bonds is 4. The normalized spacial score (nSPS) is 10.0. The van der Waals surface area contributed by atoms with Crippen molar-refractivity contribution < 1.29 is 9.53 Å². The van der Waals surface area contributed by atoms with Gasteiger partial charge in [-0.2, -0.15) is 5.26 Å². The summed E-state index contributed by atoms with van der Waals surface area (Å²) in [5, 5.41) is 8.83. The van der Waals surface area contributed by atoms with Crippen LogP contribution >= 0.6 is 0 Å². The van der Waals surface area contributed by atoms with Gasteiger partial charge in [-0.3, -0.25) is 4.79 Å². The van der Waals surface area contributed by atoms with Gasteiger partial charge in [-0.1, -0.05) is 6.07 Å². The number of hydrogen-bond donors (Lipinski definition) is 1. The summed E-state index contributed by atoms with van der Waals surface area (Å²) in [7, 11) is 1.67. The first kappa shape index (κ1) is 15.3. The zero-order valence-corrected chi connectivity index (χ0v) is 12.9. The van der Waals surface area contributed by atoms with Crippen molar-refractivity contribution in [1.29, 1.82) is 5.26 Å². The number of aromatic nitrogens is 2. The number of carbonyl (C=O) groups excluding carboxylic acids is 1. The number of nitrogens with one attached hydrogen (secondary N) is 1. The molecule has 0 saturated carbocycles. The third-order valence-electron chi connectivity index (χ3n) is 3.43. The molecule has 0 unspecified atom stereocenters. The number of anilines is 1. The lowest BCUT2D eigenvalue weighted by atomic mass is 10.2. The Morgan fingerprint density at radius 1 is 1.25 bits per heavy atom. The monoisotopic (exact) mass is 318 g/mol. The number of pyridine rings is 1. The minimum Gasteiger partial charge on any atom is -0.439 e. The van der Waals surface area contributed by atoms with Crippen molar-refractivity contribution in [2.24, 2.45) is 0 Å². The van der Waals surface area contributed by atoms with E-state index in [1.165, 1.54) is 17.2 Å². The fourth-order valence-corrected chi connectivity index (χ4v) is 2.15. The van der Waals surface area contributed by atoms with Crippen molar-refractivity contribution in [2.75, 3.05) is 11.9 Å². The quantitative estimate of drug-likeness (QED) is 0.799. The number of hydrogen-bond acceptors (Lipinski definition) is 4. The fraction of sp³-hybridized carbons (Fsp3) is 0.0556. The molecule has 2 heterocycles. The number of aromatic amines is 1. The summed E-state index contributed by atoms with van der Waals surface area (Å²) in [4.78, 5) is 20.8. The van der Waals surface area contributed by atoms with Gasteiger partial charge in [0, 0.05) is 31.2 Å². The van der Waals surface area contributed by atoms with Crippen LogP contribution < -0.4 is 9.64 Å². The van der Waals surface area contributed by atoms with Gasteiger partial charge in [0.15, 0.2) is 0 Å². The highest BCUT2D eigenvalue weighted by Crippen LogP contribution is 2.23. The van der Waals surface area contributed by atoms with Crippen LogP contribution in [0.3, 0.4) is 0 Å². The van der Waals surface area contributed by atoms with Crippen molar-refractivity contribution in [1.82, 2.24) is 9.97 Å². The zero-order chi connectivity index (χ0) is 16.9. The molecule has 1 N–H and O–H groups in total. The predicted octanol–water partition coefficient (Wildman–Crippen LogP) is 3.35. The van der Waals surface area contributed by atoms with Crippen LogP contribution in [0.5, 0.6) is 11.6 Å². The van der Waals surface area contributed by atoms with Crippen LogP contribution in [0.15, 0.2) is 60.9 Å². The lowest BCUT2D eigenvalue weighted by Gasteiger charge is -2.17. The molecule has 0 spiro atoms. The largest absolute Gasteiger partial charge is 0.439 e. The number of ether oxygens (including phenoxy) is 1. The van der Waals surface area contributed by atoms with E-state index in [1.54, 1.807) is 43.6 Å². The van der Waals surface area contributed by atoms with E-state index >= 15 is 0 Å². The van der Waals surface area contributed by atoms with Crippen molar-refractivity contribution in [2.45, 2.75) is 0 Å². The van der Waals surface area contributed by atoms with E-state index < -0.39 is 0 Å². The van der Waals surface area contributed by atoms with E-state index in [1.807, 2.05) is 18.2 Å². The summed E-state index contributed by atoms with van der Waals surface area (Å²) in [6, 6.07) is 16.0. The Morgan fingerprint density at radius 2 is 2.04 bits per heavy atom. The molecule has 2 aromatic heterocycles. The number of H-pyrrole nitrogens is 1. The zero-order valence-electron chi connectivity index (χ0n) is 12.9. The smallest absolute Gasteiger partial charge is 0.274 e. The molecule has 6 heteroatoms. The molecule has 0 aliphatic rings. The molecule has 3 aromatic rings. The lowest BCUT2D eigenvalue weighted by Crippen LogP contribution is -2.26. The van der Waals surface area contributed by atoms with Crippen LogP contribution in [-0.2, 0) is 0 Å². The molecule has 24 heavy (non-hydrogen) atoms. The number of benzene rings is 1. The maximum absolute atomic E-state index is 12.4. The van der Waals surface area contributed by atoms with Gasteiger partial charge in [0.25, 0.3) is 5.91 Å². The van der Waals surface area contributed by atoms with Crippen LogP contribution in [0.2, 0.25) is 0 Å². The first-order valence-corrected chi connectivity index (χ1v) is 7.23. The molecule has 0 saturated heterocycles. The molecule has 118 valence electrons. The Hall–Kier alpha value is -3.59. The number of nitrogens with zero attached hydrogens (tertiary/aromatic N) is 3. The molecule has 0 aliphatic heterocycles. The first-order chi connectivity index (χ1) is 11.7. The van der Waals surface area contributed by atoms with E-state index in [2.05, 4.69) is 9.97 Å². The molecule has 3 rings (SSSR count). The minimum atomic E-state index is -0.227. The van der Waals surface area contributed by atoms with Gasteiger partial charge in [-0.15, -0.1) is 0 Å². The topological polar surface area (TPSA) is 82.0 Å². The average molecular weight is 318 g/mol. The predicted molar refractivity (Wildman–Crippen MR) is 89.0 cm³/mol. The summed E-state index contributed by atoms with van der Waals surface area (Å²) < 4.78 is 5.62. The molecule has 0 bridgehead atoms. The molecule has 6 nitrogen and oxygen atoms in total. The van der Waals surface area contributed by atoms with Gasteiger partial charge >= 0.3 is 0 Å². The lowest BCUT2D eigenvalue weighted by molar-refractivity contribution is 0.0989. The standard InChI is InChI=1S/C18H14N4O2/c1-22(18(23)16-10-13(11-19)12-21-16)14-5-7-15(8-6-14)24-17-4-2-3-9-20-17/h2-10,12,21H,1H3. The van der Waals surface area contributed by atoms with E-state index in [4.69, 9.17) is 10.00 Å². The maximum atomic E-state index is 12.4. The molecule has 0 fully saturated rings. The van der Waals surface area contributed by atoms with Crippen LogP contribution in [-0.4, -0.2) is 22.9 Å². The van der Waals surface area contributed by atoms with Crippen molar-refractivity contribution in [3.8, 4) is 17.7 Å². The molecule has 1 aromatic carbocycles. The molecular formula is C18H14N4O2. The highest BCUT2D eigenvalue weighted by Gasteiger charge is 2.15. The highest BCUT2D eigenvalue weighted by atomic mass is 16.5. The van der Waals surface area contributed by atoms with Gasteiger partial charge in [-0.05, 0) is 36.4 Å². The third kappa shape index (κ3) is 3.25. The summed E-state index contributed by atoms with van der Waals surface area (Å²) in [5.74, 6) is 0.907. The van der Waals surface area contributed by atoms with Crippen LogP contribution in [0.4, 0.5) is 5.69 Å². The number of nitriles is 1. The second-order valence-electron chi connectivity index (χ2n) is 5.04. The summed E-state index contributed by atoms with van der Waals surface area (Å²) >= 11 is 0. The minimum absolute atomic E-state index is 0.227. The van der Waals surface area contributed by atoms with E-state index in [0.717, 1.165) is 0 Å². The summed E-state index contributed by atoms with van der Waals surface area (Å²) in [6.45, 7) is 0. The second kappa shape index (κ2) is 6.67. The van der Waals surface area contributed by atoms with Crippen molar-refractivity contribution >= 4 is 11.6 Å². The Labute approximate surface area is 138 Å². The second-order valence-corrected chi connectivity index (χ2v) is 5.04. The molecule has 0 aliphatic carbocycles. The summed E-state index contributed by atoms with van der Waals surface area (Å²) in [5.41, 5.74) is 1.50. The fourth-order valence-electron chi connectivity index (χ4n) is 2.15. The Balaban J connectivity index is 1.72. The van der Waals surface area contributed by atoms with Crippen LogP contribution in [0.1, 0.15) is 16.1 Å². The van der Waals surface area contributed by atoms with Gasteiger partial charge in [-0.25, -0.2) is 4.98 Å². The molecule has 0 atom stereocenters. The van der Waals surface area contributed by atoms with Crippen molar-refractivity contribution in [3.05, 3.63) is 72.2 Å².